The molecule has 0 atom stereocenters. The van der Waals surface area contributed by atoms with E-state index in [2.05, 4.69) is 46.6 Å². The highest BCUT2D eigenvalue weighted by Crippen LogP contribution is 2.23. The molecule has 0 spiro atoms. The SMILES string of the molecule is CC(C)(C)N1CCC(Oc2ccc(Br)nc2)CC1. The van der Waals surface area contributed by atoms with E-state index in [1.54, 1.807) is 6.20 Å². The number of aromatic nitrogens is 1. The van der Waals surface area contributed by atoms with Crippen molar-refractivity contribution in [3.63, 3.8) is 0 Å². The van der Waals surface area contributed by atoms with Crippen LogP contribution in [0.1, 0.15) is 33.6 Å². The molecule has 0 bridgehead atoms. The number of hydrogen-bond acceptors (Lipinski definition) is 3. The number of halogens is 1. The molecule has 2 heterocycles. The van der Waals surface area contributed by atoms with E-state index >= 15 is 0 Å². The highest BCUT2D eigenvalue weighted by atomic mass is 79.9. The van der Waals surface area contributed by atoms with Crippen molar-refractivity contribution in [3.05, 3.63) is 22.9 Å². The summed E-state index contributed by atoms with van der Waals surface area (Å²) in [5, 5.41) is 0. The van der Waals surface area contributed by atoms with E-state index in [9.17, 15) is 0 Å². The number of pyridine rings is 1. The average molecular weight is 313 g/mol. The Kier molecular flexibility index (Phi) is 4.28. The fourth-order valence-electron chi connectivity index (χ4n) is 2.27. The minimum absolute atomic E-state index is 0.268. The molecule has 100 valence electrons. The van der Waals surface area contributed by atoms with Crippen LogP contribution in [0.2, 0.25) is 0 Å². The van der Waals surface area contributed by atoms with Crippen LogP contribution in [0.5, 0.6) is 5.75 Å². The molecular formula is C14H21BrN2O. The van der Waals surface area contributed by atoms with Gasteiger partial charge < -0.3 is 4.74 Å². The molecule has 0 aliphatic carbocycles. The number of hydrogen-bond donors (Lipinski definition) is 0. The van der Waals surface area contributed by atoms with Crippen molar-refractivity contribution < 1.29 is 4.74 Å². The monoisotopic (exact) mass is 312 g/mol. The lowest BCUT2D eigenvalue weighted by Gasteiger charge is -2.40. The van der Waals surface area contributed by atoms with Crippen molar-refractivity contribution in [1.82, 2.24) is 9.88 Å². The van der Waals surface area contributed by atoms with Crippen LogP contribution in [0.25, 0.3) is 0 Å². The van der Waals surface area contributed by atoms with Gasteiger partial charge in [0.15, 0.2) is 0 Å². The van der Waals surface area contributed by atoms with Crippen molar-refractivity contribution >= 4 is 15.9 Å². The molecule has 0 aromatic carbocycles. The minimum Gasteiger partial charge on any atom is -0.489 e. The van der Waals surface area contributed by atoms with Crippen LogP contribution in [-0.2, 0) is 0 Å². The third kappa shape index (κ3) is 3.69. The molecule has 3 nitrogen and oxygen atoms in total. The normalized spacial score (nSPS) is 18.9. The largest absolute Gasteiger partial charge is 0.489 e. The molecule has 0 amide bonds. The molecule has 1 fully saturated rings. The average Bonchev–Trinajstić information content (AvgIpc) is 2.32. The van der Waals surface area contributed by atoms with Crippen LogP contribution in [0.15, 0.2) is 22.9 Å². The Hall–Kier alpha value is -0.610. The summed E-state index contributed by atoms with van der Waals surface area (Å²) < 4.78 is 6.81. The Labute approximate surface area is 118 Å². The smallest absolute Gasteiger partial charge is 0.138 e. The first-order valence-electron chi connectivity index (χ1n) is 6.48. The number of likely N-dealkylation sites (tertiary alicyclic amines) is 1. The first-order valence-corrected chi connectivity index (χ1v) is 7.28. The molecule has 1 aliphatic rings. The zero-order chi connectivity index (χ0) is 13.2. The Balaban J connectivity index is 1.85. The van der Waals surface area contributed by atoms with Crippen molar-refractivity contribution in [2.75, 3.05) is 13.1 Å². The first kappa shape index (κ1) is 13.8. The Morgan fingerprint density at radius 3 is 2.44 bits per heavy atom. The summed E-state index contributed by atoms with van der Waals surface area (Å²) in [6.45, 7) is 9.03. The zero-order valence-electron chi connectivity index (χ0n) is 11.3. The van der Waals surface area contributed by atoms with Crippen LogP contribution in [0.4, 0.5) is 0 Å². The molecule has 1 aliphatic heterocycles. The van der Waals surface area contributed by atoms with Crippen molar-refractivity contribution in [3.8, 4) is 5.75 Å². The van der Waals surface area contributed by atoms with Crippen molar-refractivity contribution in [2.45, 2.75) is 45.3 Å². The van der Waals surface area contributed by atoms with E-state index in [0.29, 0.717) is 6.10 Å². The lowest BCUT2D eigenvalue weighted by atomic mass is 9.99. The Morgan fingerprint density at radius 1 is 1.28 bits per heavy atom. The highest BCUT2D eigenvalue weighted by molar-refractivity contribution is 9.10. The predicted molar refractivity (Wildman–Crippen MR) is 76.9 cm³/mol. The molecule has 2 rings (SSSR count). The zero-order valence-corrected chi connectivity index (χ0v) is 12.9. The van der Waals surface area contributed by atoms with Gasteiger partial charge in [-0.3, -0.25) is 4.90 Å². The van der Waals surface area contributed by atoms with Gasteiger partial charge in [-0.2, -0.15) is 0 Å². The van der Waals surface area contributed by atoms with Crippen LogP contribution >= 0.6 is 15.9 Å². The summed E-state index contributed by atoms with van der Waals surface area (Å²) in [4.78, 5) is 6.70. The third-order valence-electron chi connectivity index (χ3n) is 3.39. The second kappa shape index (κ2) is 5.57. The van der Waals surface area contributed by atoms with Gasteiger partial charge in [0.25, 0.3) is 0 Å². The summed E-state index contributed by atoms with van der Waals surface area (Å²) in [5.74, 6) is 0.868. The van der Waals surface area contributed by atoms with Crippen molar-refractivity contribution in [1.29, 1.82) is 0 Å². The van der Waals surface area contributed by atoms with E-state index in [4.69, 9.17) is 4.74 Å². The summed E-state index contributed by atoms with van der Waals surface area (Å²) in [5.41, 5.74) is 0.268. The lowest BCUT2D eigenvalue weighted by Crippen LogP contribution is -2.48. The maximum absolute atomic E-state index is 5.96. The van der Waals surface area contributed by atoms with Gasteiger partial charge in [0.2, 0.25) is 0 Å². The van der Waals surface area contributed by atoms with Crippen LogP contribution in [-0.4, -0.2) is 34.6 Å². The van der Waals surface area contributed by atoms with E-state index in [0.717, 1.165) is 36.3 Å². The predicted octanol–water partition coefficient (Wildman–Crippen LogP) is 3.49. The molecule has 0 saturated carbocycles. The van der Waals surface area contributed by atoms with E-state index in [1.807, 2.05) is 12.1 Å². The summed E-state index contributed by atoms with van der Waals surface area (Å²) in [7, 11) is 0. The highest BCUT2D eigenvalue weighted by Gasteiger charge is 2.27. The second-order valence-electron chi connectivity index (χ2n) is 5.79. The molecule has 1 saturated heterocycles. The van der Waals surface area contributed by atoms with Gasteiger partial charge in [-0.05, 0) is 61.7 Å². The molecular weight excluding hydrogens is 292 g/mol. The van der Waals surface area contributed by atoms with Crippen LogP contribution in [0.3, 0.4) is 0 Å². The van der Waals surface area contributed by atoms with E-state index in [-0.39, 0.29) is 5.54 Å². The maximum Gasteiger partial charge on any atom is 0.138 e. The summed E-state index contributed by atoms with van der Waals surface area (Å²) in [6, 6.07) is 3.88. The van der Waals surface area contributed by atoms with E-state index < -0.39 is 0 Å². The Morgan fingerprint density at radius 2 is 1.94 bits per heavy atom. The molecule has 0 radical (unpaired) electrons. The topological polar surface area (TPSA) is 25.4 Å². The van der Waals surface area contributed by atoms with Gasteiger partial charge in [-0.15, -0.1) is 0 Å². The van der Waals surface area contributed by atoms with Crippen LogP contribution < -0.4 is 4.74 Å². The summed E-state index contributed by atoms with van der Waals surface area (Å²) >= 11 is 3.33. The maximum atomic E-state index is 5.96. The number of piperidine rings is 1. The fraction of sp³-hybridized carbons (Fsp3) is 0.643. The number of rotatable bonds is 2. The second-order valence-corrected chi connectivity index (χ2v) is 6.60. The third-order valence-corrected chi connectivity index (χ3v) is 3.86. The minimum atomic E-state index is 0.268. The van der Waals surface area contributed by atoms with E-state index in [1.165, 1.54) is 0 Å². The van der Waals surface area contributed by atoms with Gasteiger partial charge in [0.1, 0.15) is 16.5 Å². The molecule has 0 N–H and O–H groups in total. The molecule has 1 aromatic heterocycles. The first-order chi connectivity index (χ1) is 8.45. The summed E-state index contributed by atoms with van der Waals surface area (Å²) in [6.07, 6.45) is 4.28. The standard InChI is InChI=1S/C14H21BrN2O/c1-14(2,3)17-8-6-11(7-9-17)18-12-4-5-13(15)16-10-12/h4-5,10-11H,6-9H2,1-3H3. The van der Waals surface area contributed by atoms with Gasteiger partial charge in [-0.25, -0.2) is 4.98 Å². The Bertz CT molecular complexity index is 378. The molecule has 18 heavy (non-hydrogen) atoms. The molecule has 4 heteroatoms. The quantitative estimate of drug-likeness (QED) is 0.782. The van der Waals surface area contributed by atoms with Gasteiger partial charge >= 0.3 is 0 Å². The van der Waals surface area contributed by atoms with Gasteiger partial charge in [0, 0.05) is 18.6 Å². The van der Waals surface area contributed by atoms with Crippen LogP contribution in [0, 0.1) is 0 Å². The van der Waals surface area contributed by atoms with Gasteiger partial charge in [-0.1, -0.05) is 0 Å². The molecule has 0 unspecified atom stereocenters. The lowest BCUT2D eigenvalue weighted by molar-refractivity contribution is 0.0490. The molecule has 1 aromatic rings. The number of ether oxygens (including phenoxy) is 1. The van der Waals surface area contributed by atoms with Crippen molar-refractivity contribution in [2.24, 2.45) is 0 Å². The number of nitrogens with zero attached hydrogens (tertiary/aromatic N) is 2. The van der Waals surface area contributed by atoms with Gasteiger partial charge in [0.05, 0.1) is 6.20 Å². The fourth-order valence-corrected chi connectivity index (χ4v) is 2.50.